The number of rotatable bonds is 6. The van der Waals surface area contributed by atoms with E-state index < -0.39 is 47.6 Å². The Balaban J connectivity index is 1.73. The monoisotopic (exact) mass is 494 g/mol. The lowest BCUT2D eigenvalue weighted by Crippen LogP contribution is -2.59. The molecular formula is C26H24F6N2O. The first-order valence-electron chi connectivity index (χ1n) is 11.2. The Hall–Kier alpha value is -2.83. The van der Waals surface area contributed by atoms with Gasteiger partial charge in [-0.3, -0.25) is 4.90 Å². The second kappa shape index (κ2) is 9.32. The van der Waals surface area contributed by atoms with Gasteiger partial charge in [-0.25, -0.2) is 0 Å². The van der Waals surface area contributed by atoms with Crippen molar-refractivity contribution >= 4 is 0 Å². The quantitative estimate of drug-likeness (QED) is 0.331. The minimum atomic E-state index is -4.93. The highest BCUT2D eigenvalue weighted by atomic mass is 19.4. The predicted molar refractivity (Wildman–Crippen MR) is 117 cm³/mol. The van der Waals surface area contributed by atoms with Crippen LogP contribution in [-0.4, -0.2) is 23.6 Å². The van der Waals surface area contributed by atoms with Crippen molar-refractivity contribution in [2.75, 3.05) is 6.54 Å². The number of piperidine rings is 1. The normalized spacial score (nSPS) is 26.9. The number of alkyl halides is 6. The van der Waals surface area contributed by atoms with Gasteiger partial charge in [0.05, 0.1) is 41.4 Å². The first-order chi connectivity index (χ1) is 16.5. The van der Waals surface area contributed by atoms with E-state index in [0.29, 0.717) is 37.9 Å². The number of ether oxygens (including phenoxy) is 1. The van der Waals surface area contributed by atoms with Crippen LogP contribution in [0.15, 0.2) is 61.2 Å². The maximum atomic E-state index is 13.3. The molecule has 2 bridgehead atoms. The van der Waals surface area contributed by atoms with E-state index >= 15 is 0 Å². The number of nitrogens with zero attached hydrogens (tertiary/aromatic N) is 2. The fourth-order valence-electron chi connectivity index (χ4n) is 5.69. The molecule has 186 valence electrons. The van der Waals surface area contributed by atoms with Crippen LogP contribution in [0, 0.1) is 17.2 Å². The van der Waals surface area contributed by atoms with Crippen molar-refractivity contribution in [3.8, 4) is 6.07 Å². The minimum absolute atomic E-state index is 0.100. The van der Waals surface area contributed by atoms with E-state index in [2.05, 4.69) is 17.5 Å². The average Bonchev–Trinajstić information content (AvgIpc) is 3.02. The summed E-state index contributed by atoms with van der Waals surface area (Å²) >= 11 is 0. The van der Waals surface area contributed by atoms with Gasteiger partial charge in [-0.15, -0.1) is 6.58 Å². The largest absolute Gasteiger partial charge is 0.416 e. The highest BCUT2D eigenvalue weighted by molar-refractivity contribution is 5.36. The van der Waals surface area contributed by atoms with E-state index in [1.807, 2.05) is 30.3 Å². The minimum Gasteiger partial charge on any atom is -0.371 e. The molecule has 0 N–H and O–H groups in total. The molecular weight excluding hydrogens is 470 g/mol. The number of fused-ring (bicyclic) bond motifs is 2. The summed E-state index contributed by atoms with van der Waals surface area (Å²) in [6.45, 7) is 3.86. The van der Waals surface area contributed by atoms with E-state index in [0.717, 1.165) is 5.56 Å². The van der Waals surface area contributed by atoms with Gasteiger partial charge in [-0.1, -0.05) is 36.4 Å². The molecule has 0 spiro atoms. The summed E-state index contributed by atoms with van der Waals surface area (Å²) in [5, 5.41) is 10.1. The van der Waals surface area contributed by atoms with Crippen molar-refractivity contribution in [1.29, 1.82) is 5.26 Å². The van der Waals surface area contributed by atoms with Crippen molar-refractivity contribution in [2.24, 2.45) is 5.92 Å². The summed E-state index contributed by atoms with van der Waals surface area (Å²) in [7, 11) is 0. The first-order valence-corrected chi connectivity index (χ1v) is 11.2. The summed E-state index contributed by atoms with van der Waals surface area (Å²) in [6.07, 6.45) is -6.93. The van der Waals surface area contributed by atoms with Crippen LogP contribution in [0.1, 0.15) is 41.5 Å². The Kier molecular flexibility index (Phi) is 6.73. The van der Waals surface area contributed by atoms with Crippen molar-refractivity contribution in [3.63, 3.8) is 0 Å². The summed E-state index contributed by atoms with van der Waals surface area (Å²) in [4.78, 5) is 2.16. The zero-order valence-electron chi connectivity index (χ0n) is 18.7. The maximum Gasteiger partial charge on any atom is 0.416 e. The molecule has 4 unspecified atom stereocenters. The van der Waals surface area contributed by atoms with Gasteiger partial charge in [0.25, 0.3) is 0 Å². The maximum absolute atomic E-state index is 13.3. The molecule has 0 aromatic heterocycles. The summed E-state index contributed by atoms with van der Waals surface area (Å²) in [6, 6.07) is 13.3. The molecule has 35 heavy (non-hydrogen) atoms. The second-order valence-corrected chi connectivity index (χ2v) is 8.99. The number of halogens is 6. The molecule has 4 atom stereocenters. The van der Waals surface area contributed by atoms with Crippen LogP contribution in [0.3, 0.4) is 0 Å². The molecule has 2 aliphatic heterocycles. The van der Waals surface area contributed by atoms with Crippen molar-refractivity contribution in [3.05, 3.63) is 83.4 Å². The highest BCUT2D eigenvalue weighted by Gasteiger charge is 2.61. The van der Waals surface area contributed by atoms with E-state index in [4.69, 9.17) is 4.74 Å². The lowest BCUT2D eigenvalue weighted by atomic mass is 9.73. The van der Waals surface area contributed by atoms with Gasteiger partial charge in [0.1, 0.15) is 0 Å². The summed E-state index contributed by atoms with van der Waals surface area (Å²) in [5.74, 6) is -0.463. The van der Waals surface area contributed by atoms with Gasteiger partial charge >= 0.3 is 12.4 Å². The molecule has 3 nitrogen and oxygen atoms in total. The smallest absolute Gasteiger partial charge is 0.371 e. The van der Waals surface area contributed by atoms with Gasteiger partial charge in [0, 0.05) is 12.6 Å². The van der Waals surface area contributed by atoms with E-state index in [9.17, 15) is 31.6 Å². The Bertz CT molecular complexity index is 1080. The predicted octanol–water partition coefficient (Wildman–Crippen LogP) is 6.70. The number of benzene rings is 2. The fourth-order valence-corrected chi connectivity index (χ4v) is 5.69. The third-order valence-corrected chi connectivity index (χ3v) is 7.02. The molecule has 9 heteroatoms. The van der Waals surface area contributed by atoms with Gasteiger partial charge < -0.3 is 4.74 Å². The lowest BCUT2D eigenvalue weighted by molar-refractivity contribution is -0.143. The Morgan fingerprint density at radius 1 is 1.03 bits per heavy atom. The fraction of sp³-hybridized carbons (Fsp3) is 0.423. The molecule has 0 saturated carbocycles. The Morgan fingerprint density at radius 3 is 2.20 bits per heavy atom. The van der Waals surface area contributed by atoms with Crippen molar-refractivity contribution in [1.82, 2.24) is 4.90 Å². The third-order valence-electron chi connectivity index (χ3n) is 7.02. The molecule has 2 aromatic carbocycles. The number of nitriles is 1. The van der Waals surface area contributed by atoms with Gasteiger partial charge in [0.2, 0.25) is 0 Å². The SMILES string of the molecule is C=CCN1C2CCC(OCc3cc(C(F)(F)F)cc(C(F)(F)F)c3)C1(c1ccccc1)C(C#N)C2. The van der Waals surface area contributed by atoms with Gasteiger partial charge in [-0.2, -0.15) is 31.6 Å². The third kappa shape index (κ3) is 4.57. The molecule has 2 fully saturated rings. The van der Waals surface area contributed by atoms with Crippen LogP contribution in [-0.2, 0) is 29.2 Å². The topological polar surface area (TPSA) is 36.3 Å². The van der Waals surface area contributed by atoms with Crippen LogP contribution in [0.5, 0.6) is 0 Å². The molecule has 2 aliphatic rings. The highest BCUT2D eigenvalue weighted by Crippen LogP contribution is 2.55. The van der Waals surface area contributed by atoms with E-state index in [1.54, 1.807) is 6.08 Å². The van der Waals surface area contributed by atoms with Crippen LogP contribution in [0.2, 0.25) is 0 Å². The molecule has 2 saturated heterocycles. The zero-order chi connectivity index (χ0) is 25.4. The summed E-state index contributed by atoms with van der Waals surface area (Å²) < 4.78 is 86.0. The van der Waals surface area contributed by atoms with Crippen LogP contribution in [0.25, 0.3) is 0 Å². The standard InChI is InChI=1S/C26H24F6N2O/c1-2-10-34-22-8-9-23(24(34,21(14-22)15-33)18-6-4-3-5-7-18)35-16-17-11-19(25(27,28)29)13-20(12-17)26(30,31)32/h2-7,11-13,21-23H,1,8-10,14,16H2. The zero-order valence-corrected chi connectivity index (χ0v) is 18.7. The van der Waals surface area contributed by atoms with Crippen LogP contribution < -0.4 is 0 Å². The van der Waals surface area contributed by atoms with Crippen molar-refractivity contribution < 1.29 is 31.1 Å². The van der Waals surface area contributed by atoms with Crippen LogP contribution >= 0.6 is 0 Å². The van der Waals surface area contributed by atoms with Gasteiger partial charge in [0.15, 0.2) is 0 Å². The molecule has 0 amide bonds. The molecule has 4 rings (SSSR count). The van der Waals surface area contributed by atoms with Crippen molar-refractivity contribution in [2.45, 2.75) is 55.9 Å². The molecule has 0 aliphatic carbocycles. The lowest BCUT2D eigenvalue weighted by Gasteiger charge is -2.50. The average molecular weight is 494 g/mol. The number of hydrogen-bond acceptors (Lipinski definition) is 3. The second-order valence-electron chi connectivity index (χ2n) is 8.99. The van der Waals surface area contributed by atoms with E-state index in [1.165, 1.54) is 0 Å². The molecule has 2 aromatic rings. The molecule has 2 heterocycles. The molecule has 0 radical (unpaired) electrons. The van der Waals surface area contributed by atoms with E-state index in [-0.39, 0.29) is 17.7 Å². The number of hydrogen-bond donors (Lipinski definition) is 0. The van der Waals surface area contributed by atoms with Crippen LogP contribution in [0.4, 0.5) is 26.3 Å². The first kappa shape index (κ1) is 25.3. The Morgan fingerprint density at radius 2 is 1.66 bits per heavy atom. The Labute approximate surface area is 199 Å². The van der Waals surface area contributed by atoms with Gasteiger partial charge in [-0.05, 0) is 48.6 Å². The summed E-state index contributed by atoms with van der Waals surface area (Å²) in [5.41, 5.74) is -3.03.